The van der Waals surface area contributed by atoms with Crippen molar-refractivity contribution < 1.29 is 18.0 Å². The normalized spacial score (nSPS) is 12.0. The van der Waals surface area contributed by atoms with E-state index in [4.69, 9.17) is 0 Å². The van der Waals surface area contributed by atoms with Gasteiger partial charge in [-0.1, -0.05) is 6.92 Å². The van der Waals surface area contributed by atoms with Crippen LogP contribution in [-0.2, 0) is 17.9 Å². The fourth-order valence-electron chi connectivity index (χ4n) is 1.33. The molecule has 1 N–H and O–H groups in total. The molecule has 0 fully saturated rings. The molecule has 0 saturated carbocycles. The van der Waals surface area contributed by atoms with Crippen LogP contribution in [0.4, 0.5) is 13.2 Å². The Labute approximate surface area is 92.2 Å². The minimum Gasteiger partial charge on any atom is -0.350 e. The van der Waals surface area contributed by atoms with Crippen LogP contribution in [0.1, 0.15) is 19.0 Å². The zero-order valence-electron chi connectivity index (χ0n) is 9.05. The van der Waals surface area contributed by atoms with Gasteiger partial charge in [0.05, 0.1) is 6.54 Å². The van der Waals surface area contributed by atoms with Gasteiger partial charge in [0, 0.05) is 18.4 Å². The minimum atomic E-state index is -4.29. The first kappa shape index (κ1) is 13.1. The molecule has 6 heteroatoms. The third-order valence-corrected chi connectivity index (χ3v) is 1.98. The molecule has 0 bridgehead atoms. The third kappa shape index (κ3) is 4.67. The van der Waals surface area contributed by atoms with Gasteiger partial charge < -0.3 is 4.57 Å². The molecule has 3 nitrogen and oxygen atoms in total. The Bertz CT molecular complexity index is 309. The van der Waals surface area contributed by atoms with Crippen molar-refractivity contribution in [3.8, 4) is 0 Å². The molecule has 0 radical (unpaired) electrons. The van der Waals surface area contributed by atoms with Gasteiger partial charge in [0.2, 0.25) is 0 Å². The molecule has 0 spiro atoms. The Morgan fingerprint density at radius 1 is 1.44 bits per heavy atom. The molecule has 1 aromatic rings. The van der Waals surface area contributed by atoms with Crippen LogP contribution in [0.25, 0.3) is 0 Å². The Kier molecular flexibility index (Phi) is 4.82. The molecule has 0 saturated heterocycles. The number of hydroxylamine groups is 1. The van der Waals surface area contributed by atoms with Crippen molar-refractivity contribution in [1.29, 1.82) is 0 Å². The van der Waals surface area contributed by atoms with Crippen molar-refractivity contribution in [3.63, 3.8) is 0 Å². The van der Waals surface area contributed by atoms with Crippen LogP contribution in [0.5, 0.6) is 0 Å². The summed E-state index contributed by atoms with van der Waals surface area (Å²) in [5, 5.41) is 0. The molecule has 1 heterocycles. The smallest absolute Gasteiger partial charge is 0.350 e. The minimum absolute atomic E-state index is 0.267. The van der Waals surface area contributed by atoms with Gasteiger partial charge in [-0.3, -0.25) is 4.84 Å². The van der Waals surface area contributed by atoms with Gasteiger partial charge in [0.25, 0.3) is 0 Å². The quantitative estimate of drug-likeness (QED) is 0.606. The maximum absolute atomic E-state index is 11.8. The number of rotatable bonds is 6. The maximum Gasteiger partial charge on any atom is 0.413 e. The average molecular weight is 236 g/mol. The number of hydrogen-bond donors (Lipinski definition) is 1. The van der Waals surface area contributed by atoms with Crippen LogP contribution in [0.15, 0.2) is 18.3 Å². The van der Waals surface area contributed by atoms with Crippen molar-refractivity contribution in [2.45, 2.75) is 32.6 Å². The van der Waals surface area contributed by atoms with Gasteiger partial charge in [0.1, 0.15) is 0 Å². The molecule has 16 heavy (non-hydrogen) atoms. The number of nitrogens with one attached hydrogen (secondary N) is 1. The van der Waals surface area contributed by atoms with Crippen molar-refractivity contribution >= 4 is 0 Å². The lowest BCUT2D eigenvalue weighted by Gasteiger charge is -2.10. The van der Waals surface area contributed by atoms with Crippen molar-refractivity contribution in [1.82, 2.24) is 10.0 Å². The van der Waals surface area contributed by atoms with Crippen LogP contribution < -0.4 is 5.48 Å². The summed E-state index contributed by atoms with van der Waals surface area (Å²) in [6.07, 6.45) is -1.42. The van der Waals surface area contributed by atoms with Gasteiger partial charge in [-0.2, -0.15) is 18.7 Å². The van der Waals surface area contributed by atoms with Gasteiger partial charge >= 0.3 is 6.18 Å². The molecule has 92 valence electrons. The van der Waals surface area contributed by atoms with E-state index in [2.05, 4.69) is 10.3 Å². The van der Waals surface area contributed by atoms with E-state index >= 15 is 0 Å². The molecule has 0 unspecified atom stereocenters. The fraction of sp³-hybridized carbons (Fsp3) is 0.600. The number of aryl methyl sites for hydroxylation is 1. The topological polar surface area (TPSA) is 26.2 Å². The van der Waals surface area contributed by atoms with E-state index in [1.54, 1.807) is 0 Å². The predicted octanol–water partition coefficient (Wildman–Crippen LogP) is 2.48. The van der Waals surface area contributed by atoms with Crippen molar-refractivity contribution in [2.24, 2.45) is 0 Å². The molecule has 0 amide bonds. The fourth-order valence-corrected chi connectivity index (χ4v) is 1.33. The second-order valence-electron chi connectivity index (χ2n) is 3.42. The van der Waals surface area contributed by atoms with Crippen LogP contribution in [0.3, 0.4) is 0 Å². The Morgan fingerprint density at radius 3 is 2.81 bits per heavy atom. The number of aromatic nitrogens is 1. The zero-order chi connectivity index (χ0) is 12.0. The molecule has 0 atom stereocenters. The number of alkyl halides is 3. The molecular formula is C10H15F3N2O. The van der Waals surface area contributed by atoms with Crippen LogP contribution in [-0.4, -0.2) is 17.4 Å². The molecule has 0 aliphatic carbocycles. The summed E-state index contributed by atoms with van der Waals surface area (Å²) >= 11 is 0. The average Bonchev–Trinajstić information content (AvgIpc) is 2.60. The van der Waals surface area contributed by atoms with E-state index in [0.29, 0.717) is 0 Å². The van der Waals surface area contributed by atoms with Gasteiger partial charge in [-0.05, 0) is 18.6 Å². The van der Waals surface area contributed by atoms with Crippen LogP contribution in [0.2, 0.25) is 0 Å². The van der Waals surface area contributed by atoms with Gasteiger partial charge in [0.15, 0.2) is 6.61 Å². The monoisotopic (exact) mass is 236 g/mol. The number of halogens is 3. The highest BCUT2D eigenvalue weighted by Crippen LogP contribution is 2.13. The zero-order valence-corrected chi connectivity index (χ0v) is 9.05. The predicted molar refractivity (Wildman–Crippen MR) is 53.6 cm³/mol. The Hall–Kier alpha value is -1.01. The van der Waals surface area contributed by atoms with E-state index in [1.807, 2.05) is 29.8 Å². The van der Waals surface area contributed by atoms with E-state index in [0.717, 1.165) is 18.7 Å². The first-order chi connectivity index (χ1) is 7.53. The number of hydrogen-bond acceptors (Lipinski definition) is 2. The SMILES string of the molecule is CCCn1cccc1CNOCC(F)(F)F. The molecule has 0 aliphatic rings. The van der Waals surface area contributed by atoms with E-state index < -0.39 is 12.8 Å². The van der Waals surface area contributed by atoms with Gasteiger partial charge in [-0.15, -0.1) is 0 Å². The molecule has 0 aliphatic heterocycles. The van der Waals surface area contributed by atoms with Crippen molar-refractivity contribution in [2.75, 3.05) is 6.61 Å². The highest BCUT2D eigenvalue weighted by atomic mass is 19.4. The summed E-state index contributed by atoms with van der Waals surface area (Å²) < 4.78 is 37.2. The van der Waals surface area contributed by atoms with Crippen molar-refractivity contribution in [3.05, 3.63) is 24.0 Å². The van der Waals surface area contributed by atoms with E-state index in [9.17, 15) is 13.2 Å². The van der Waals surface area contributed by atoms with Crippen LogP contribution >= 0.6 is 0 Å². The third-order valence-electron chi connectivity index (χ3n) is 1.98. The second kappa shape index (κ2) is 5.91. The Balaban J connectivity index is 2.29. The summed E-state index contributed by atoms with van der Waals surface area (Å²) in [4.78, 5) is 4.32. The lowest BCUT2D eigenvalue weighted by molar-refractivity contribution is -0.190. The summed E-state index contributed by atoms with van der Waals surface area (Å²) in [7, 11) is 0. The first-order valence-electron chi connectivity index (χ1n) is 5.08. The standard InChI is InChI=1S/C10H15F3N2O/c1-2-5-15-6-3-4-9(15)7-14-16-8-10(11,12)13/h3-4,6,14H,2,5,7-8H2,1H3. The second-order valence-corrected chi connectivity index (χ2v) is 3.42. The highest BCUT2D eigenvalue weighted by Gasteiger charge is 2.27. The number of nitrogens with zero attached hydrogens (tertiary/aromatic N) is 1. The molecule has 1 rings (SSSR count). The first-order valence-corrected chi connectivity index (χ1v) is 5.08. The van der Waals surface area contributed by atoms with E-state index in [1.165, 1.54) is 0 Å². The van der Waals surface area contributed by atoms with Crippen LogP contribution in [0, 0.1) is 0 Å². The lowest BCUT2D eigenvalue weighted by atomic mass is 10.4. The summed E-state index contributed by atoms with van der Waals surface area (Å²) in [6.45, 7) is 1.88. The summed E-state index contributed by atoms with van der Waals surface area (Å²) in [5.74, 6) is 0. The molecule has 1 aromatic heterocycles. The summed E-state index contributed by atoms with van der Waals surface area (Å²) in [5.41, 5.74) is 3.21. The lowest BCUT2D eigenvalue weighted by Crippen LogP contribution is -2.25. The van der Waals surface area contributed by atoms with Gasteiger partial charge in [-0.25, -0.2) is 0 Å². The largest absolute Gasteiger partial charge is 0.413 e. The summed E-state index contributed by atoms with van der Waals surface area (Å²) in [6, 6.07) is 3.70. The van der Waals surface area contributed by atoms with E-state index in [-0.39, 0.29) is 6.54 Å². The molecule has 0 aromatic carbocycles. The Morgan fingerprint density at radius 2 is 2.19 bits per heavy atom. The highest BCUT2D eigenvalue weighted by molar-refractivity contribution is 5.06. The maximum atomic E-state index is 11.8. The molecular weight excluding hydrogens is 221 g/mol.